The number of carbonyl (C=O) groups excluding carboxylic acids is 1. The molecular formula is C22H27N3O4S. The maximum Gasteiger partial charge on any atom is 0.343 e. The van der Waals surface area contributed by atoms with Crippen molar-refractivity contribution in [3.05, 3.63) is 53.6 Å². The summed E-state index contributed by atoms with van der Waals surface area (Å²) in [5.74, 6) is 1.03. The first kappa shape index (κ1) is 23.2. The van der Waals surface area contributed by atoms with E-state index in [1.54, 1.807) is 48.7 Å². The Kier molecular flexibility index (Phi) is 9.60. The fourth-order valence-electron chi connectivity index (χ4n) is 2.39. The minimum Gasteiger partial charge on any atom is -0.494 e. The number of rotatable bonds is 10. The highest BCUT2D eigenvalue weighted by molar-refractivity contribution is 7.80. The van der Waals surface area contributed by atoms with Gasteiger partial charge < -0.3 is 19.5 Å². The molecule has 0 atom stereocenters. The van der Waals surface area contributed by atoms with Crippen LogP contribution in [0.4, 0.5) is 0 Å². The average Bonchev–Trinajstić information content (AvgIpc) is 2.74. The lowest BCUT2D eigenvalue weighted by atomic mass is 10.2. The summed E-state index contributed by atoms with van der Waals surface area (Å²) in [4.78, 5) is 12.5. The number of carbonyl (C=O) groups is 1. The van der Waals surface area contributed by atoms with Gasteiger partial charge in [-0.1, -0.05) is 6.92 Å². The monoisotopic (exact) mass is 429 g/mol. The molecular weight excluding hydrogens is 402 g/mol. The molecule has 2 rings (SSSR count). The minimum absolute atomic E-state index is 0.335. The van der Waals surface area contributed by atoms with Crippen molar-refractivity contribution in [1.29, 1.82) is 0 Å². The van der Waals surface area contributed by atoms with Crippen LogP contribution in [-0.4, -0.2) is 37.1 Å². The van der Waals surface area contributed by atoms with Crippen molar-refractivity contribution in [2.45, 2.75) is 27.2 Å². The van der Waals surface area contributed by atoms with Gasteiger partial charge in [-0.3, -0.25) is 5.43 Å². The predicted molar refractivity (Wildman–Crippen MR) is 122 cm³/mol. The van der Waals surface area contributed by atoms with Crippen molar-refractivity contribution in [1.82, 2.24) is 10.7 Å². The van der Waals surface area contributed by atoms with Crippen molar-refractivity contribution in [3.8, 4) is 17.2 Å². The maximum absolute atomic E-state index is 12.5. The molecule has 2 N–H and O–H groups in total. The van der Waals surface area contributed by atoms with Gasteiger partial charge in [-0.15, -0.1) is 0 Å². The molecule has 2 aromatic rings. The van der Waals surface area contributed by atoms with E-state index in [0.29, 0.717) is 47.7 Å². The normalized spacial score (nSPS) is 10.5. The van der Waals surface area contributed by atoms with E-state index in [-0.39, 0.29) is 0 Å². The molecule has 30 heavy (non-hydrogen) atoms. The Morgan fingerprint density at radius 3 is 2.50 bits per heavy atom. The van der Waals surface area contributed by atoms with E-state index in [2.05, 4.69) is 15.8 Å². The van der Waals surface area contributed by atoms with Crippen LogP contribution in [0.3, 0.4) is 0 Å². The van der Waals surface area contributed by atoms with Gasteiger partial charge in [0, 0.05) is 6.54 Å². The highest BCUT2D eigenvalue weighted by Gasteiger charge is 2.13. The molecule has 0 unspecified atom stereocenters. The number of esters is 1. The molecule has 0 saturated carbocycles. The summed E-state index contributed by atoms with van der Waals surface area (Å²) in [5.41, 5.74) is 3.91. The zero-order valence-corrected chi connectivity index (χ0v) is 18.3. The molecule has 0 heterocycles. The number of hydrogen-bond donors (Lipinski definition) is 2. The molecule has 0 amide bonds. The number of hydrogen-bond acceptors (Lipinski definition) is 6. The Morgan fingerprint density at radius 2 is 1.83 bits per heavy atom. The van der Waals surface area contributed by atoms with Gasteiger partial charge in [-0.05, 0) is 80.5 Å². The van der Waals surface area contributed by atoms with E-state index in [9.17, 15) is 4.79 Å². The van der Waals surface area contributed by atoms with Crippen LogP contribution in [0.25, 0.3) is 0 Å². The second kappa shape index (κ2) is 12.4. The van der Waals surface area contributed by atoms with Gasteiger partial charge in [0.1, 0.15) is 5.75 Å². The van der Waals surface area contributed by atoms with Gasteiger partial charge in [-0.2, -0.15) is 5.10 Å². The van der Waals surface area contributed by atoms with E-state index < -0.39 is 5.97 Å². The summed E-state index contributed by atoms with van der Waals surface area (Å²) in [6.45, 7) is 7.61. The molecule has 160 valence electrons. The standard InChI is InChI=1S/C22H27N3O4S/c1-4-13-28-18-10-8-17(9-11-18)21(26)29-19-12-7-16(14-20(19)27-6-3)15-24-25-22(30)23-5-2/h7-12,14-15H,4-6,13H2,1-3H3,(H2,23,25,30)/b24-15-. The molecule has 2 aromatic carbocycles. The fraction of sp³-hybridized carbons (Fsp3) is 0.318. The summed E-state index contributed by atoms with van der Waals surface area (Å²) in [5, 5.41) is 7.46. The number of hydrazone groups is 1. The van der Waals surface area contributed by atoms with E-state index in [1.165, 1.54) is 0 Å². The number of benzene rings is 2. The second-order valence-electron chi connectivity index (χ2n) is 6.13. The van der Waals surface area contributed by atoms with Gasteiger partial charge in [0.25, 0.3) is 0 Å². The van der Waals surface area contributed by atoms with Crippen LogP contribution >= 0.6 is 12.2 Å². The molecule has 0 aromatic heterocycles. The third-order valence-electron chi connectivity index (χ3n) is 3.75. The quantitative estimate of drug-likeness (QED) is 0.195. The van der Waals surface area contributed by atoms with Crippen molar-refractivity contribution >= 4 is 29.5 Å². The van der Waals surface area contributed by atoms with Gasteiger partial charge in [0.05, 0.1) is 25.0 Å². The van der Waals surface area contributed by atoms with Crippen LogP contribution in [0, 0.1) is 0 Å². The average molecular weight is 430 g/mol. The number of nitrogens with zero attached hydrogens (tertiary/aromatic N) is 1. The van der Waals surface area contributed by atoms with Gasteiger partial charge in [0.2, 0.25) is 0 Å². The Hall–Kier alpha value is -3.13. The maximum atomic E-state index is 12.5. The first-order valence-corrected chi connectivity index (χ1v) is 10.3. The molecule has 0 aliphatic rings. The third-order valence-corrected chi connectivity index (χ3v) is 3.99. The van der Waals surface area contributed by atoms with Crippen molar-refractivity contribution in [3.63, 3.8) is 0 Å². The van der Waals surface area contributed by atoms with E-state index in [1.807, 2.05) is 20.8 Å². The largest absolute Gasteiger partial charge is 0.494 e. The Labute approximate surface area is 182 Å². The lowest BCUT2D eigenvalue weighted by molar-refractivity contribution is 0.0728. The number of nitrogens with one attached hydrogen (secondary N) is 2. The van der Waals surface area contributed by atoms with E-state index in [0.717, 1.165) is 12.0 Å². The molecule has 0 aliphatic heterocycles. The molecule has 0 bridgehead atoms. The van der Waals surface area contributed by atoms with Crippen LogP contribution in [0.2, 0.25) is 0 Å². The summed E-state index contributed by atoms with van der Waals surface area (Å²) >= 11 is 5.05. The molecule has 0 aliphatic carbocycles. The topological polar surface area (TPSA) is 81.2 Å². The molecule has 8 heteroatoms. The smallest absolute Gasteiger partial charge is 0.343 e. The van der Waals surface area contributed by atoms with Crippen molar-refractivity contribution in [2.24, 2.45) is 5.10 Å². The zero-order valence-electron chi connectivity index (χ0n) is 17.4. The van der Waals surface area contributed by atoms with E-state index >= 15 is 0 Å². The molecule has 0 fully saturated rings. The SMILES string of the molecule is CCCOc1ccc(C(=O)Oc2ccc(/C=N\NC(=S)NCC)cc2OCC)cc1. The van der Waals surface area contributed by atoms with Gasteiger partial charge in [0.15, 0.2) is 16.6 Å². The van der Waals surface area contributed by atoms with E-state index in [4.69, 9.17) is 26.4 Å². The van der Waals surface area contributed by atoms with Crippen molar-refractivity contribution < 1.29 is 19.0 Å². The van der Waals surface area contributed by atoms with Gasteiger partial charge >= 0.3 is 5.97 Å². The first-order valence-electron chi connectivity index (χ1n) is 9.86. The van der Waals surface area contributed by atoms with Gasteiger partial charge in [-0.25, -0.2) is 4.79 Å². The Balaban J connectivity index is 2.07. The lowest BCUT2D eigenvalue weighted by Crippen LogP contribution is -2.31. The molecule has 0 radical (unpaired) electrons. The summed E-state index contributed by atoms with van der Waals surface area (Å²) < 4.78 is 16.7. The Bertz CT molecular complexity index is 869. The number of thiocarbonyl (C=S) groups is 1. The minimum atomic E-state index is -0.475. The zero-order chi connectivity index (χ0) is 21.8. The highest BCUT2D eigenvalue weighted by atomic mass is 32.1. The second-order valence-corrected chi connectivity index (χ2v) is 6.54. The number of ether oxygens (including phenoxy) is 3. The molecule has 0 saturated heterocycles. The van der Waals surface area contributed by atoms with Crippen LogP contribution < -0.4 is 25.0 Å². The lowest BCUT2D eigenvalue weighted by Gasteiger charge is -2.12. The summed E-state index contributed by atoms with van der Waals surface area (Å²) in [7, 11) is 0. The Morgan fingerprint density at radius 1 is 1.07 bits per heavy atom. The van der Waals surface area contributed by atoms with Crippen molar-refractivity contribution in [2.75, 3.05) is 19.8 Å². The van der Waals surface area contributed by atoms with Crippen LogP contribution in [0.5, 0.6) is 17.2 Å². The van der Waals surface area contributed by atoms with Crippen LogP contribution in [0.1, 0.15) is 43.1 Å². The highest BCUT2D eigenvalue weighted by Crippen LogP contribution is 2.29. The summed E-state index contributed by atoms with van der Waals surface area (Å²) in [6.07, 6.45) is 2.52. The first-order chi connectivity index (χ1) is 14.6. The third kappa shape index (κ3) is 7.36. The summed E-state index contributed by atoms with van der Waals surface area (Å²) in [6, 6.07) is 12.0. The molecule has 7 nitrogen and oxygen atoms in total. The predicted octanol–water partition coefficient (Wildman–Crippen LogP) is 3.91. The van der Waals surface area contributed by atoms with Crippen LogP contribution in [0.15, 0.2) is 47.6 Å². The molecule has 0 spiro atoms. The fourth-order valence-corrected chi connectivity index (χ4v) is 2.59. The van der Waals surface area contributed by atoms with Crippen LogP contribution in [-0.2, 0) is 0 Å².